The minimum Gasteiger partial charge on any atom is -0.357 e. The summed E-state index contributed by atoms with van der Waals surface area (Å²) in [7, 11) is -3.23. The lowest BCUT2D eigenvalue weighted by Crippen LogP contribution is -2.47. The molecule has 0 heterocycles. The Kier molecular flexibility index (Phi) is 6.62. The van der Waals surface area contributed by atoms with Gasteiger partial charge in [-0.05, 0) is 34.6 Å². The summed E-state index contributed by atoms with van der Waals surface area (Å²) in [6.45, 7) is 10.8. The maximum absolute atomic E-state index is 11.2. The van der Waals surface area contributed by atoms with E-state index >= 15 is 0 Å². The zero-order valence-electron chi connectivity index (χ0n) is 12.2. The molecule has 0 aliphatic heterocycles. The Bertz CT molecular complexity index is 375. The van der Waals surface area contributed by atoms with E-state index in [0.717, 1.165) is 12.8 Å². The standard InChI is InChI=1S/C11H26N4O2S/c1-7-12-10(14-9(2)3)13-8-11(4,5)15-18(6,16)17/h9,15H,7-8H2,1-6H3,(H2,12,13,14). The molecule has 108 valence electrons. The van der Waals surface area contributed by atoms with Crippen molar-refractivity contribution in [1.29, 1.82) is 0 Å². The number of nitrogens with zero attached hydrogens (tertiary/aromatic N) is 1. The normalized spacial score (nSPS) is 13.8. The lowest BCUT2D eigenvalue weighted by atomic mass is 10.1. The second kappa shape index (κ2) is 6.94. The van der Waals surface area contributed by atoms with Crippen molar-refractivity contribution in [1.82, 2.24) is 15.4 Å². The highest BCUT2D eigenvalue weighted by Crippen LogP contribution is 2.04. The van der Waals surface area contributed by atoms with Gasteiger partial charge in [0, 0.05) is 18.1 Å². The van der Waals surface area contributed by atoms with Gasteiger partial charge in [0.15, 0.2) is 5.96 Å². The molecule has 6 nitrogen and oxygen atoms in total. The molecule has 0 radical (unpaired) electrons. The SMILES string of the molecule is CCNC(=NCC(C)(C)NS(C)(=O)=O)NC(C)C. The van der Waals surface area contributed by atoms with Crippen molar-refractivity contribution in [2.45, 2.75) is 46.2 Å². The number of hydrogen-bond acceptors (Lipinski definition) is 3. The lowest BCUT2D eigenvalue weighted by Gasteiger charge is -2.24. The van der Waals surface area contributed by atoms with Crippen molar-refractivity contribution in [3.63, 3.8) is 0 Å². The quantitative estimate of drug-likeness (QED) is 0.481. The molecule has 0 aliphatic rings. The van der Waals surface area contributed by atoms with Crippen LogP contribution < -0.4 is 15.4 Å². The first-order valence-corrected chi connectivity index (χ1v) is 7.98. The van der Waals surface area contributed by atoms with Crippen LogP contribution in [0.15, 0.2) is 4.99 Å². The summed E-state index contributed by atoms with van der Waals surface area (Å²) >= 11 is 0. The summed E-state index contributed by atoms with van der Waals surface area (Å²) < 4.78 is 25.0. The van der Waals surface area contributed by atoms with Crippen molar-refractivity contribution < 1.29 is 8.42 Å². The molecule has 0 spiro atoms. The molecule has 7 heteroatoms. The monoisotopic (exact) mass is 278 g/mol. The zero-order valence-corrected chi connectivity index (χ0v) is 13.0. The van der Waals surface area contributed by atoms with E-state index < -0.39 is 15.6 Å². The number of sulfonamides is 1. The molecule has 0 bridgehead atoms. The molecule has 0 saturated carbocycles. The maximum atomic E-state index is 11.2. The van der Waals surface area contributed by atoms with Gasteiger partial charge in [-0.3, -0.25) is 4.99 Å². The minimum atomic E-state index is -3.23. The average molecular weight is 278 g/mol. The van der Waals surface area contributed by atoms with Gasteiger partial charge in [0.05, 0.1) is 12.8 Å². The lowest BCUT2D eigenvalue weighted by molar-refractivity contribution is 0.464. The second-order valence-electron chi connectivity index (χ2n) is 5.25. The van der Waals surface area contributed by atoms with E-state index in [1.165, 1.54) is 0 Å². The third-order valence-electron chi connectivity index (χ3n) is 1.86. The summed E-state index contributed by atoms with van der Waals surface area (Å²) in [5.74, 6) is 0.691. The molecule has 0 unspecified atom stereocenters. The van der Waals surface area contributed by atoms with Crippen molar-refractivity contribution in [2.75, 3.05) is 19.3 Å². The molecule has 0 aromatic heterocycles. The van der Waals surface area contributed by atoms with Gasteiger partial charge in [0.25, 0.3) is 0 Å². The van der Waals surface area contributed by atoms with Crippen LogP contribution in [-0.4, -0.2) is 45.3 Å². The Hall–Kier alpha value is -0.820. The summed E-state index contributed by atoms with van der Waals surface area (Å²) in [6.07, 6.45) is 1.15. The molecule has 0 aliphatic carbocycles. The van der Waals surface area contributed by atoms with Crippen LogP contribution in [0.2, 0.25) is 0 Å². The smallest absolute Gasteiger partial charge is 0.209 e. The van der Waals surface area contributed by atoms with Crippen molar-refractivity contribution >= 4 is 16.0 Å². The predicted octanol–water partition coefficient (Wildman–Crippen LogP) is 0.278. The maximum Gasteiger partial charge on any atom is 0.209 e. The number of guanidine groups is 1. The number of hydrogen-bond donors (Lipinski definition) is 3. The highest BCUT2D eigenvalue weighted by molar-refractivity contribution is 7.88. The molecular formula is C11H26N4O2S. The van der Waals surface area contributed by atoms with Crippen LogP contribution in [-0.2, 0) is 10.0 Å². The van der Waals surface area contributed by atoms with Crippen LogP contribution in [0.5, 0.6) is 0 Å². The first-order valence-electron chi connectivity index (χ1n) is 6.09. The predicted molar refractivity (Wildman–Crippen MR) is 76.3 cm³/mol. The summed E-state index contributed by atoms with van der Waals surface area (Å²) in [4.78, 5) is 4.38. The van der Waals surface area contributed by atoms with Crippen LogP contribution in [0.1, 0.15) is 34.6 Å². The van der Waals surface area contributed by atoms with E-state index in [1.54, 1.807) is 13.8 Å². The third kappa shape index (κ3) is 9.23. The second-order valence-corrected chi connectivity index (χ2v) is 7.00. The molecule has 3 N–H and O–H groups in total. The fraction of sp³-hybridized carbons (Fsp3) is 0.909. The molecular weight excluding hydrogens is 252 g/mol. The largest absolute Gasteiger partial charge is 0.357 e. The Labute approximate surface area is 111 Å². The molecule has 0 amide bonds. The molecule has 0 atom stereocenters. The number of aliphatic imine (C=N–C) groups is 1. The zero-order chi connectivity index (χ0) is 14.4. The topological polar surface area (TPSA) is 82.6 Å². The van der Waals surface area contributed by atoms with Crippen LogP contribution in [0.3, 0.4) is 0 Å². The Morgan fingerprint density at radius 1 is 1.33 bits per heavy atom. The van der Waals surface area contributed by atoms with Crippen molar-refractivity contribution in [2.24, 2.45) is 4.99 Å². The fourth-order valence-electron chi connectivity index (χ4n) is 1.40. The molecule has 18 heavy (non-hydrogen) atoms. The summed E-state index contributed by atoms with van der Waals surface area (Å²) in [6, 6.07) is 0.272. The highest BCUT2D eigenvalue weighted by Gasteiger charge is 2.21. The minimum absolute atomic E-state index is 0.272. The average Bonchev–Trinajstić information content (AvgIpc) is 2.10. The van der Waals surface area contributed by atoms with Crippen LogP contribution >= 0.6 is 0 Å². The van der Waals surface area contributed by atoms with Crippen LogP contribution in [0.4, 0.5) is 0 Å². The summed E-state index contributed by atoms with van der Waals surface area (Å²) in [5.41, 5.74) is -0.604. The van der Waals surface area contributed by atoms with Gasteiger partial charge in [-0.1, -0.05) is 0 Å². The van der Waals surface area contributed by atoms with E-state index in [4.69, 9.17) is 0 Å². The van der Waals surface area contributed by atoms with Gasteiger partial charge in [0.1, 0.15) is 0 Å². The third-order valence-corrected chi connectivity index (χ3v) is 2.79. The van der Waals surface area contributed by atoms with Gasteiger partial charge in [-0.2, -0.15) is 0 Å². The Morgan fingerprint density at radius 2 is 1.89 bits per heavy atom. The van der Waals surface area contributed by atoms with E-state index in [-0.39, 0.29) is 6.04 Å². The van der Waals surface area contributed by atoms with Gasteiger partial charge in [-0.15, -0.1) is 0 Å². The molecule has 0 aromatic rings. The van der Waals surface area contributed by atoms with Crippen LogP contribution in [0.25, 0.3) is 0 Å². The van der Waals surface area contributed by atoms with Gasteiger partial charge >= 0.3 is 0 Å². The molecule has 0 aromatic carbocycles. The highest BCUT2D eigenvalue weighted by atomic mass is 32.2. The van der Waals surface area contributed by atoms with E-state index in [0.29, 0.717) is 12.5 Å². The fourth-order valence-corrected chi connectivity index (χ4v) is 2.47. The van der Waals surface area contributed by atoms with Gasteiger partial charge in [0.2, 0.25) is 10.0 Å². The van der Waals surface area contributed by atoms with Crippen molar-refractivity contribution in [3.8, 4) is 0 Å². The summed E-state index contributed by atoms with van der Waals surface area (Å²) in [5, 5.41) is 6.29. The number of rotatable bonds is 6. The van der Waals surface area contributed by atoms with E-state index in [9.17, 15) is 8.42 Å². The first-order chi connectivity index (χ1) is 8.06. The van der Waals surface area contributed by atoms with Crippen molar-refractivity contribution in [3.05, 3.63) is 0 Å². The molecule has 0 fully saturated rings. The Balaban J connectivity index is 4.63. The van der Waals surface area contributed by atoms with E-state index in [2.05, 4.69) is 20.3 Å². The van der Waals surface area contributed by atoms with Gasteiger partial charge in [-0.25, -0.2) is 13.1 Å². The molecule has 0 rings (SSSR count). The molecule has 0 saturated heterocycles. The number of nitrogens with one attached hydrogen (secondary N) is 3. The van der Waals surface area contributed by atoms with E-state index in [1.807, 2.05) is 20.8 Å². The Morgan fingerprint density at radius 3 is 2.28 bits per heavy atom. The van der Waals surface area contributed by atoms with Gasteiger partial charge < -0.3 is 10.6 Å². The first kappa shape index (κ1) is 17.2. The van der Waals surface area contributed by atoms with Crippen LogP contribution in [0, 0.1) is 0 Å².